The summed E-state index contributed by atoms with van der Waals surface area (Å²) in [7, 11) is 0. The Morgan fingerprint density at radius 2 is 2.07 bits per heavy atom. The first-order chi connectivity index (χ1) is 13.2. The lowest BCUT2D eigenvalue weighted by molar-refractivity contribution is 0.0252. The van der Waals surface area contributed by atoms with Gasteiger partial charge in [0.15, 0.2) is 6.23 Å². The molecule has 6 nitrogen and oxygen atoms in total. The normalized spacial score (nSPS) is 17.1. The van der Waals surface area contributed by atoms with Crippen molar-refractivity contribution in [2.75, 3.05) is 13.2 Å². The van der Waals surface area contributed by atoms with Crippen molar-refractivity contribution in [2.45, 2.75) is 26.2 Å². The van der Waals surface area contributed by atoms with Crippen molar-refractivity contribution in [2.24, 2.45) is 0 Å². The molecule has 6 heteroatoms. The summed E-state index contributed by atoms with van der Waals surface area (Å²) in [5.41, 5.74) is 4.91. The van der Waals surface area contributed by atoms with Gasteiger partial charge in [-0.05, 0) is 24.1 Å². The van der Waals surface area contributed by atoms with Crippen LogP contribution in [-0.2, 0) is 17.8 Å². The molecule has 1 aliphatic rings. The minimum Gasteiger partial charge on any atom is -0.356 e. The van der Waals surface area contributed by atoms with Crippen LogP contribution in [0.2, 0.25) is 0 Å². The van der Waals surface area contributed by atoms with Crippen molar-refractivity contribution < 1.29 is 4.74 Å². The summed E-state index contributed by atoms with van der Waals surface area (Å²) in [5, 5.41) is 17.8. The number of hydrogen-bond donors (Lipinski definition) is 0. The Hall–Kier alpha value is -3.01. The first-order valence-corrected chi connectivity index (χ1v) is 9.02. The predicted octanol–water partition coefficient (Wildman–Crippen LogP) is 3.04. The lowest BCUT2D eigenvalue weighted by atomic mass is 10.1. The molecule has 0 spiro atoms. The van der Waals surface area contributed by atoms with E-state index >= 15 is 0 Å². The first kappa shape index (κ1) is 17.4. The number of ether oxygens (including phenoxy) is 1. The largest absolute Gasteiger partial charge is 0.356 e. The Labute approximate surface area is 158 Å². The average Bonchev–Trinajstić information content (AvgIpc) is 3.31. The van der Waals surface area contributed by atoms with E-state index in [1.165, 1.54) is 11.1 Å². The van der Waals surface area contributed by atoms with Gasteiger partial charge in [-0.15, -0.1) is 5.10 Å². The molecule has 136 valence electrons. The predicted molar refractivity (Wildman–Crippen MR) is 101 cm³/mol. The minimum atomic E-state index is -0.189. The lowest BCUT2D eigenvalue weighted by Crippen LogP contribution is -2.23. The van der Waals surface area contributed by atoms with Gasteiger partial charge in [-0.3, -0.25) is 4.90 Å². The molecule has 2 heterocycles. The highest BCUT2D eigenvalue weighted by molar-refractivity contribution is 5.37. The summed E-state index contributed by atoms with van der Waals surface area (Å²) < 4.78 is 7.68. The first-order valence-electron chi connectivity index (χ1n) is 9.02. The van der Waals surface area contributed by atoms with Crippen LogP contribution in [-0.4, -0.2) is 33.0 Å². The second-order valence-corrected chi connectivity index (χ2v) is 6.79. The molecule has 1 fully saturated rings. The third-order valence-electron chi connectivity index (χ3n) is 4.73. The van der Waals surface area contributed by atoms with Crippen LogP contribution in [0.4, 0.5) is 0 Å². The highest BCUT2D eigenvalue weighted by Gasteiger charge is 2.29. The number of aromatic nitrogens is 3. The topological polar surface area (TPSA) is 67.0 Å². The number of hydrogen-bond acceptors (Lipinski definition) is 5. The molecule has 0 aliphatic carbocycles. The van der Waals surface area contributed by atoms with E-state index in [9.17, 15) is 5.26 Å². The zero-order valence-corrected chi connectivity index (χ0v) is 15.2. The highest BCUT2D eigenvalue weighted by atomic mass is 16.5. The summed E-state index contributed by atoms with van der Waals surface area (Å²) in [6.07, 6.45) is 1.72. The molecule has 2 aromatic carbocycles. The van der Waals surface area contributed by atoms with Gasteiger partial charge in [-0.1, -0.05) is 53.2 Å². The van der Waals surface area contributed by atoms with E-state index in [-0.39, 0.29) is 6.23 Å². The van der Waals surface area contributed by atoms with Crippen molar-refractivity contribution >= 4 is 0 Å². The van der Waals surface area contributed by atoms with Gasteiger partial charge in [0.05, 0.1) is 31.0 Å². The molecular formula is C21H21N5O. The molecule has 0 N–H and O–H groups in total. The maximum Gasteiger partial charge on any atom is 0.157 e. The third-order valence-corrected chi connectivity index (χ3v) is 4.73. The van der Waals surface area contributed by atoms with Crippen LogP contribution in [0.25, 0.3) is 0 Å². The molecule has 1 saturated heterocycles. The zero-order valence-electron chi connectivity index (χ0n) is 15.2. The number of nitriles is 1. The van der Waals surface area contributed by atoms with Crippen LogP contribution < -0.4 is 0 Å². The van der Waals surface area contributed by atoms with E-state index in [1.807, 2.05) is 30.5 Å². The number of benzene rings is 2. The second-order valence-electron chi connectivity index (χ2n) is 6.79. The maximum atomic E-state index is 9.25. The van der Waals surface area contributed by atoms with Crippen LogP contribution in [0, 0.1) is 18.3 Å². The summed E-state index contributed by atoms with van der Waals surface area (Å²) >= 11 is 0. The smallest absolute Gasteiger partial charge is 0.157 e. The number of nitrogens with zero attached hydrogens (tertiary/aromatic N) is 5. The van der Waals surface area contributed by atoms with E-state index in [0.717, 1.165) is 24.3 Å². The van der Waals surface area contributed by atoms with Gasteiger partial charge in [0.25, 0.3) is 0 Å². The molecular weight excluding hydrogens is 338 g/mol. The quantitative estimate of drug-likeness (QED) is 0.700. The van der Waals surface area contributed by atoms with Crippen molar-refractivity contribution in [1.82, 2.24) is 19.9 Å². The standard InChI is InChI=1S/C21H21N5O/c1-16-5-4-6-17(11-16)13-25-9-10-27-21(25)20-15-26(24-23-20)14-19-8-3-2-7-18(19)12-22/h2-8,11,15,21H,9-10,13-14H2,1H3/t21-/m0/s1. The minimum absolute atomic E-state index is 0.189. The van der Waals surface area contributed by atoms with Gasteiger partial charge < -0.3 is 4.74 Å². The van der Waals surface area contributed by atoms with Gasteiger partial charge in [0, 0.05) is 13.1 Å². The second kappa shape index (κ2) is 7.70. The molecule has 1 aromatic heterocycles. The molecule has 0 amide bonds. The number of aryl methyl sites for hydroxylation is 1. The van der Waals surface area contributed by atoms with Gasteiger partial charge >= 0.3 is 0 Å². The Kier molecular flexibility index (Phi) is 4.97. The summed E-state index contributed by atoms with van der Waals surface area (Å²) in [4.78, 5) is 2.27. The Balaban J connectivity index is 1.49. The van der Waals surface area contributed by atoms with Crippen LogP contribution >= 0.6 is 0 Å². The van der Waals surface area contributed by atoms with Gasteiger partial charge in [-0.2, -0.15) is 5.26 Å². The summed E-state index contributed by atoms with van der Waals surface area (Å²) in [6.45, 7) is 4.98. The monoisotopic (exact) mass is 359 g/mol. The van der Waals surface area contributed by atoms with Gasteiger partial charge in [-0.25, -0.2) is 4.68 Å². The zero-order chi connectivity index (χ0) is 18.6. The molecule has 0 radical (unpaired) electrons. The lowest BCUT2D eigenvalue weighted by Gasteiger charge is -2.21. The fourth-order valence-corrected chi connectivity index (χ4v) is 3.43. The van der Waals surface area contributed by atoms with E-state index in [0.29, 0.717) is 18.7 Å². The fraction of sp³-hybridized carbons (Fsp3) is 0.286. The number of rotatable bonds is 5. The molecule has 1 atom stereocenters. The van der Waals surface area contributed by atoms with Crippen LogP contribution in [0.3, 0.4) is 0 Å². The Bertz CT molecular complexity index is 974. The van der Waals surface area contributed by atoms with Crippen LogP contribution in [0.5, 0.6) is 0 Å². The van der Waals surface area contributed by atoms with Gasteiger partial charge in [0.2, 0.25) is 0 Å². The summed E-state index contributed by atoms with van der Waals surface area (Å²) in [5.74, 6) is 0. The Morgan fingerprint density at radius 3 is 2.93 bits per heavy atom. The van der Waals surface area contributed by atoms with E-state index < -0.39 is 0 Å². The van der Waals surface area contributed by atoms with Crippen molar-refractivity contribution in [3.05, 3.63) is 82.7 Å². The van der Waals surface area contributed by atoms with Crippen molar-refractivity contribution in [3.8, 4) is 6.07 Å². The third kappa shape index (κ3) is 3.90. The SMILES string of the molecule is Cc1cccc(CN2CCO[C@H]2c2cn(Cc3ccccc3C#N)nn2)c1. The fourth-order valence-electron chi connectivity index (χ4n) is 3.43. The highest BCUT2D eigenvalue weighted by Crippen LogP contribution is 2.27. The molecule has 1 aliphatic heterocycles. The molecule has 27 heavy (non-hydrogen) atoms. The maximum absolute atomic E-state index is 9.25. The molecule has 0 unspecified atom stereocenters. The van der Waals surface area contributed by atoms with E-state index in [2.05, 4.69) is 52.5 Å². The van der Waals surface area contributed by atoms with Crippen LogP contribution in [0.1, 0.15) is 34.2 Å². The van der Waals surface area contributed by atoms with Crippen LogP contribution in [0.15, 0.2) is 54.7 Å². The molecule has 0 bridgehead atoms. The Morgan fingerprint density at radius 1 is 1.19 bits per heavy atom. The molecule has 4 rings (SSSR count). The van der Waals surface area contributed by atoms with Crippen molar-refractivity contribution in [3.63, 3.8) is 0 Å². The van der Waals surface area contributed by atoms with Crippen molar-refractivity contribution in [1.29, 1.82) is 5.26 Å². The molecule has 0 saturated carbocycles. The van der Waals surface area contributed by atoms with Gasteiger partial charge in [0.1, 0.15) is 5.69 Å². The van der Waals surface area contributed by atoms with E-state index in [4.69, 9.17) is 4.74 Å². The average molecular weight is 359 g/mol. The molecule has 3 aromatic rings. The van der Waals surface area contributed by atoms with E-state index in [1.54, 1.807) is 4.68 Å². The summed E-state index contributed by atoms with van der Waals surface area (Å²) in [6, 6.07) is 18.3.